The third kappa shape index (κ3) is 6.72. The van der Waals surface area contributed by atoms with Crippen LogP contribution in [0, 0.1) is 11.8 Å². The van der Waals surface area contributed by atoms with Gasteiger partial charge in [0.2, 0.25) is 0 Å². The van der Waals surface area contributed by atoms with Crippen molar-refractivity contribution in [2.24, 2.45) is 11.8 Å². The normalized spacial score (nSPS) is 14.7. The molecular formula is C12H25NO5Si. The van der Waals surface area contributed by atoms with Gasteiger partial charge in [0.05, 0.1) is 0 Å². The molecule has 112 valence electrons. The van der Waals surface area contributed by atoms with Gasteiger partial charge in [-0.05, 0) is 18.3 Å². The highest BCUT2D eigenvalue weighted by Gasteiger charge is 2.40. The zero-order valence-electron chi connectivity index (χ0n) is 12.1. The molecule has 0 saturated heterocycles. The molecule has 0 aliphatic carbocycles. The molecule has 0 spiro atoms. The van der Waals surface area contributed by atoms with Gasteiger partial charge in [-0.15, -0.1) is 6.58 Å². The number of nitrogens with one attached hydrogen (secondary N) is 1. The maximum absolute atomic E-state index is 10.6. The summed E-state index contributed by atoms with van der Waals surface area (Å²) < 4.78 is 16.1. The molecule has 0 heterocycles. The van der Waals surface area contributed by atoms with Crippen molar-refractivity contribution < 1.29 is 23.2 Å². The van der Waals surface area contributed by atoms with Crippen LogP contribution in [0.1, 0.15) is 13.3 Å². The van der Waals surface area contributed by atoms with Gasteiger partial charge in [0.25, 0.3) is 0 Å². The minimum Gasteiger partial charge on any atom is -0.465 e. The van der Waals surface area contributed by atoms with Crippen molar-refractivity contribution >= 4 is 14.9 Å². The van der Waals surface area contributed by atoms with Gasteiger partial charge in [0.1, 0.15) is 0 Å². The van der Waals surface area contributed by atoms with Crippen LogP contribution < -0.4 is 5.32 Å². The van der Waals surface area contributed by atoms with Crippen LogP contribution >= 0.6 is 0 Å². The number of hydrogen-bond acceptors (Lipinski definition) is 4. The molecule has 0 fully saturated rings. The minimum atomic E-state index is -2.70. The van der Waals surface area contributed by atoms with Crippen molar-refractivity contribution in [3.8, 4) is 0 Å². The average molecular weight is 291 g/mol. The van der Waals surface area contributed by atoms with E-state index in [0.29, 0.717) is 12.6 Å². The summed E-state index contributed by atoms with van der Waals surface area (Å²) in [6.07, 6.45) is 1.62. The van der Waals surface area contributed by atoms with Crippen LogP contribution in [-0.4, -0.2) is 47.9 Å². The molecule has 2 atom stereocenters. The summed E-state index contributed by atoms with van der Waals surface area (Å²) >= 11 is 0. The van der Waals surface area contributed by atoms with Crippen molar-refractivity contribution in [3.63, 3.8) is 0 Å². The summed E-state index contributed by atoms with van der Waals surface area (Å²) in [5.41, 5.74) is 0. The molecule has 19 heavy (non-hydrogen) atoms. The Morgan fingerprint density at radius 3 is 2.26 bits per heavy atom. The molecule has 0 radical (unpaired) electrons. The molecule has 2 N–H and O–H groups in total. The number of carboxylic acid groups (broad SMARTS) is 1. The standard InChI is InChI=1S/C12H25NO5Si/c1-6-10(2)7-11(8-13-12(14)15)9-19(16-3,17-4)18-5/h6,10-11,13H,1,7-9H2,2-5H3,(H,14,15). The monoisotopic (exact) mass is 291 g/mol. The quantitative estimate of drug-likeness (QED) is 0.475. The van der Waals surface area contributed by atoms with E-state index in [2.05, 4.69) is 11.9 Å². The van der Waals surface area contributed by atoms with Crippen molar-refractivity contribution in [1.82, 2.24) is 5.32 Å². The summed E-state index contributed by atoms with van der Waals surface area (Å²) in [6, 6.07) is 0.564. The number of rotatable bonds is 10. The number of hydrogen-bond donors (Lipinski definition) is 2. The first-order valence-corrected chi connectivity index (χ1v) is 8.11. The van der Waals surface area contributed by atoms with E-state index in [1.807, 2.05) is 13.0 Å². The molecule has 7 heteroatoms. The van der Waals surface area contributed by atoms with Gasteiger partial charge in [-0.3, -0.25) is 0 Å². The second-order valence-electron chi connectivity index (χ2n) is 4.50. The summed E-state index contributed by atoms with van der Waals surface area (Å²) in [5.74, 6) is 0.369. The Morgan fingerprint density at radius 2 is 1.89 bits per heavy atom. The van der Waals surface area contributed by atoms with E-state index in [9.17, 15) is 4.79 Å². The van der Waals surface area contributed by atoms with Gasteiger partial charge in [0.15, 0.2) is 0 Å². The molecule has 0 aliphatic heterocycles. The van der Waals surface area contributed by atoms with E-state index >= 15 is 0 Å². The van der Waals surface area contributed by atoms with Crippen LogP contribution in [0.25, 0.3) is 0 Å². The molecule has 0 rings (SSSR count). The van der Waals surface area contributed by atoms with Crippen LogP contribution in [0.15, 0.2) is 12.7 Å². The summed E-state index contributed by atoms with van der Waals surface area (Å²) in [5, 5.41) is 11.1. The Labute approximate surface area is 116 Å². The summed E-state index contributed by atoms with van der Waals surface area (Å²) in [6.45, 7) is 6.13. The molecule has 0 aromatic heterocycles. The molecule has 0 bridgehead atoms. The first-order valence-electron chi connectivity index (χ1n) is 6.17. The third-order valence-electron chi connectivity index (χ3n) is 3.12. The number of amides is 1. The first kappa shape index (κ1) is 18.1. The minimum absolute atomic E-state index is 0.0793. The van der Waals surface area contributed by atoms with Gasteiger partial charge < -0.3 is 23.7 Å². The third-order valence-corrected chi connectivity index (χ3v) is 6.06. The van der Waals surface area contributed by atoms with E-state index in [4.69, 9.17) is 18.4 Å². The predicted molar refractivity (Wildman–Crippen MR) is 75.1 cm³/mol. The number of carbonyl (C=O) groups is 1. The maximum Gasteiger partial charge on any atom is 0.500 e. The Morgan fingerprint density at radius 1 is 1.37 bits per heavy atom. The predicted octanol–water partition coefficient (Wildman–Crippen LogP) is 1.96. The van der Waals surface area contributed by atoms with Crippen LogP contribution in [0.5, 0.6) is 0 Å². The zero-order valence-corrected chi connectivity index (χ0v) is 13.1. The lowest BCUT2D eigenvalue weighted by atomic mass is 9.97. The number of allylic oxidation sites excluding steroid dienone is 1. The Bertz CT molecular complexity index is 275. The highest BCUT2D eigenvalue weighted by molar-refractivity contribution is 6.60. The Hall–Kier alpha value is -0.893. The van der Waals surface area contributed by atoms with Gasteiger partial charge >= 0.3 is 14.9 Å². The summed E-state index contributed by atoms with van der Waals surface area (Å²) in [4.78, 5) is 10.6. The molecule has 1 amide bonds. The lowest BCUT2D eigenvalue weighted by Gasteiger charge is -2.29. The van der Waals surface area contributed by atoms with E-state index in [1.54, 1.807) is 21.3 Å². The molecule has 0 aliphatic rings. The molecular weight excluding hydrogens is 266 g/mol. The van der Waals surface area contributed by atoms with Crippen molar-refractivity contribution in [2.75, 3.05) is 27.9 Å². The molecule has 0 aromatic rings. The van der Waals surface area contributed by atoms with Crippen molar-refractivity contribution in [3.05, 3.63) is 12.7 Å². The maximum atomic E-state index is 10.6. The first-order chi connectivity index (χ1) is 8.92. The van der Waals surface area contributed by atoms with Gasteiger partial charge in [-0.1, -0.05) is 13.0 Å². The van der Waals surface area contributed by atoms with E-state index < -0.39 is 14.9 Å². The van der Waals surface area contributed by atoms with Crippen LogP contribution in [-0.2, 0) is 13.3 Å². The lowest BCUT2D eigenvalue weighted by Crippen LogP contribution is -2.46. The highest BCUT2D eigenvalue weighted by atomic mass is 28.4. The second kappa shape index (κ2) is 9.08. The Kier molecular flexibility index (Phi) is 8.65. The smallest absolute Gasteiger partial charge is 0.465 e. The van der Waals surface area contributed by atoms with Crippen LogP contribution in [0.4, 0.5) is 4.79 Å². The van der Waals surface area contributed by atoms with Gasteiger partial charge in [-0.25, -0.2) is 4.79 Å². The van der Waals surface area contributed by atoms with Crippen molar-refractivity contribution in [1.29, 1.82) is 0 Å². The second-order valence-corrected chi connectivity index (χ2v) is 7.50. The SMILES string of the molecule is C=CC(C)CC(CNC(=O)O)C[Si](OC)(OC)OC. The van der Waals surface area contributed by atoms with E-state index in [1.165, 1.54) is 0 Å². The Balaban J connectivity index is 4.70. The fourth-order valence-electron chi connectivity index (χ4n) is 1.95. The molecule has 2 unspecified atom stereocenters. The molecule has 0 saturated carbocycles. The van der Waals surface area contributed by atoms with Crippen molar-refractivity contribution in [2.45, 2.75) is 19.4 Å². The van der Waals surface area contributed by atoms with Crippen LogP contribution in [0.2, 0.25) is 6.04 Å². The molecule has 6 nitrogen and oxygen atoms in total. The van der Waals surface area contributed by atoms with E-state index in [-0.39, 0.29) is 11.8 Å². The zero-order chi connectivity index (χ0) is 14.9. The van der Waals surface area contributed by atoms with Gasteiger partial charge in [0, 0.05) is 33.9 Å². The fourth-order valence-corrected chi connectivity index (χ4v) is 3.96. The van der Waals surface area contributed by atoms with E-state index in [0.717, 1.165) is 6.42 Å². The van der Waals surface area contributed by atoms with Crippen LogP contribution in [0.3, 0.4) is 0 Å². The molecule has 0 aromatic carbocycles. The fraction of sp³-hybridized carbons (Fsp3) is 0.750. The highest BCUT2D eigenvalue weighted by Crippen LogP contribution is 2.24. The summed E-state index contributed by atoms with van der Waals surface area (Å²) in [7, 11) is 1.96. The average Bonchev–Trinajstić information content (AvgIpc) is 2.41. The topological polar surface area (TPSA) is 77.0 Å². The van der Waals surface area contributed by atoms with Gasteiger partial charge in [-0.2, -0.15) is 0 Å². The largest absolute Gasteiger partial charge is 0.500 e. The lowest BCUT2D eigenvalue weighted by molar-refractivity contribution is 0.116.